The number of nitrogens with zero attached hydrogens (tertiary/aromatic N) is 1. The van der Waals surface area contributed by atoms with Crippen LogP contribution in [0.3, 0.4) is 0 Å². The van der Waals surface area contributed by atoms with E-state index in [-0.39, 0.29) is 17.4 Å². The van der Waals surface area contributed by atoms with Gasteiger partial charge in [0, 0.05) is 12.4 Å². The number of aromatic amines is 1. The maximum absolute atomic E-state index is 3.67. The van der Waals surface area contributed by atoms with Crippen LogP contribution in [0.5, 0.6) is 0 Å². The van der Waals surface area contributed by atoms with Crippen molar-refractivity contribution in [1.29, 1.82) is 0 Å². The zero-order chi connectivity index (χ0) is 3.54. The molecule has 0 spiro atoms. The monoisotopic (exact) mass is 98.0 g/mol. The Hall–Kier alpha value is -0.258. The molecule has 0 amide bonds. The highest BCUT2D eigenvalue weighted by molar-refractivity contribution is 5.75. The highest BCUT2D eigenvalue weighted by Gasteiger charge is 1.56. The molecule has 32 valence electrons. The second kappa shape index (κ2) is 2.95. The number of aromatic nitrogens is 2. The van der Waals surface area contributed by atoms with Crippen LogP contribution in [-0.2, 0) is 0 Å². The van der Waals surface area contributed by atoms with Gasteiger partial charge in [-0.1, -0.05) is 0 Å². The highest BCUT2D eigenvalue weighted by atomic mass is 27.0. The van der Waals surface area contributed by atoms with Crippen LogP contribution in [-0.4, -0.2) is 27.3 Å². The van der Waals surface area contributed by atoms with Crippen molar-refractivity contribution in [3.05, 3.63) is 18.7 Å². The van der Waals surface area contributed by atoms with E-state index in [1.165, 1.54) is 0 Å². The number of H-pyrrole nitrogens is 1. The van der Waals surface area contributed by atoms with Crippen LogP contribution < -0.4 is 0 Å². The van der Waals surface area contributed by atoms with Crippen molar-refractivity contribution in [1.82, 2.24) is 9.97 Å². The van der Waals surface area contributed by atoms with E-state index in [0.717, 1.165) is 0 Å². The summed E-state index contributed by atoms with van der Waals surface area (Å²) in [4.78, 5) is 6.42. The van der Waals surface area contributed by atoms with E-state index in [9.17, 15) is 0 Å². The molecule has 0 fully saturated rings. The smallest absolute Gasteiger partial charge is 0.187 e. The molecule has 0 saturated heterocycles. The largest absolute Gasteiger partial charge is 0.351 e. The van der Waals surface area contributed by atoms with Crippen molar-refractivity contribution in [3.63, 3.8) is 0 Å². The molecule has 0 bridgehead atoms. The van der Waals surface area contributed by atoms with Gasteiger partial charge in [0.05, 0.1) is 6.33 Å². The fourth-order valence-corrected chi connectivity index (χ4v) is 0.215. The van der Waals surface area contributed by atoms with Crippen LogP contribution >= 0.6 is 0 Å². The van der Waals surface area contributed by atoms with Gasteiger partial charge in [-0.05, 0) is 0 Å². The van der Waals surface area contributed by atoms with Crippen molar-refractivity contribution in [2.24, 2.45) is 0 Å². The van der Waals surface area contributed by atoms with Crippen LogP contribution in [0.15, 0.2) is 18.7 Å². The first-order chi connectivity index (χ1) is 2.50. The molecule has 0 unspecified atom stereocenters. The van der Waals surface area contributed by atoms with Gasteiger partial charge in [0.15, 0.2) is 17.4 Å². The average molecular weight is 98.1 g/mol. The van der Waals surface area contributed by atoms with Crippen molar-refractivity contribution in [2.45, 2.75) is 0 Å². The number of imidazole rings is 1. The molecular formula is C3H7AlN2. The summed E-state index contributed by atoms with van der Waals surface area (Å²) >= 11 is 0. The first-order valence-corrected chi connectivity index (χ1v) is 1.43. The van der Waals surface area contributed by atoms with Gasteiger partial charge < -0.3 is 4.98 Å². The zero-order valence-corrected chi connectivity index (χ0v) is 2.68. The predicted octanol–water partition coefficient (Wildman–Crippen LogP) is -0.774. The third-order valence-corrected chi connectivity index (χ3v) is 0.406. The lowest BCUT2D eigenvalue weighted by Gasteiger charge is -1.46. The summed E-state index contributed by atoms with van der Waals surface area (Å²) in [6, 6.07) is 0. The van der Waals surface area contributed by atoms with E-state index < -0.39 is 0 Å². The molecule has 1 rings (SSSR count). The van der Waals surface area contributed by atoms with Crippen LogP contribution in [0.25, 0.3) is 0 Å². The summed E-state index contributed by atoms with van der Waals surface area (Å²) < 4.78 is 0. The van der Waals surface area contributed by atoms with E-state index >= 15 is 0 Å². The third-order valence-electron chi connectivity index (χ3n) is 0.406. The minimum atomic E-state index is 0. The molecular weight excluding hydrogens is 91.0 g/mol. The SMILES string of the molecule is [AlH3].c1c[nH]cn1. The lowest BCUT2D eigenvalue weighted by atomic mass is 11.0. The number of nitrogens with one attached hydrogen (secondary N) is 1. The van der Waals surface area contributed by atoms with E-state index in [4.69, 9.17) is 0 Å². The molecule has 0 aromatic carbocycles. The van der Waals surface area contributed by atoms with Crippen molar-refractivity contribution >= 4 is 17.4 Å². The normalized spacial score (nSPS) is 6.67. The summed E-state index contributed by atoms with van der Waals surface area (Å²) in [5.41, 5.74) is 0. The Bertz CT molecular complexity index is 65.3. The number of hydrogen-bond donors (Lipinski definition) is 1. The van der Waals surface area contributed by atoms with Crippen molar-refractivity contribution in [2.75, 3.05) is 0 Å². The molecule has 0 saturated carbocycles. The zero-order valence-electron chi connectivity index (χ0n) is 2.68. The highest BCUT2D eigenvalue weighted by Crippen LogP contribution is 1.62. The molecule has 3 heteroatoms. The Labute approximate surface area is 46.7 Å². The lowest BCUT2D eigenvalue weighted by molar-refractivity contribution is 1.31. The molecule has 0 aliphatic rings. The lowest BCUT2D eigenvalue weighted by Crippen LogP contribution is -1.44. The fraction of sp³-hybridized carbons (Fsp3) is 0. The van der Waals surface area contributed by atoms with E-state index in [1.807, 2.05) is 0 Å². The molecule has 2 nitrogen and oxygen atoms in total. The first kappa shape index (κ1) is 5.74. The van der Waals surface area contributed by atoms with Gasteiger partial charge in [-0.15, -0.1) is 0 Å². The standard InChI is InChI=1S/C3H4N2.Al.3H/c1-2-5-3-4-1;;;;/h1-3H,(H,4,5);;;;. The molecule has 0 atom stereocenters. The molecule has 1 aromatic rings. The minimum absolute atomic E-state index is 0. The van der Waals surface area contributed by atoms with Crippen LogP contribution in [0, 0.1) is 0 Å². The van der Waals surface area contributed by atoms with Crippen molar-refractivity contribution < 1.29 is 0 Å². The maximum atomic E-state index is 3.67. The maximum Gasteiger partial charge on any atom is 0.187 e. The molecule has 1 heterocycles. The molecule has 0 radical (unpaired) electrons. The van der Waals surface area contributed by atoms with Gasteiger partial charge in [0.2, 0.25) is 0 Å². The molecule has 0 aliphatic carbocycles. The van der Waals surface area contributed by atoms with Gasteiger partial charge in [-0.25, -0.2) is 4.98 Å². The van der Waals surface area contributed by atoms with E-state index in [1.54, 1.807) is 18.7 Å². The number of rotatable bonds is 0. The van der Waals surface area contributed by atoms with Crippen LogP contribution in [0.1, 0.15) is 0 Å². The summed E-state index contributed by atoms with van der Waals surface area (Å²) in [5.74, 6) is 0. The number of hydrogen-bond acceptors (Lipinski definition) is 1. The van der Waals surface area contributed by atoms with Gasteiger partial charge in [-0.2, -0.15) is 0 Å². The van der Waals surface area contributed by atoms with Crippen LogP contribution in [0.4, 0.5) is 0 Å². The Morgan fingerprint density at radius 3 is 2.50 bits per heavy atom. The predicted molar refractivity (Wildman–Crippen MR) is 28.5 cm³/mol. The third kappa shape index (κ3) is 1.25. The van der Waals surface area contributed by atoms with E-state index in [0.29, 0.717) is 0 Å². The average Bonchev–Trinajstić information content (AvgIpc) is 1.76. The topological polar surface area (TPSA) is 28.7 Å². The molecule has 6 heavy (non-hydrogen) atoms. The Morgan fingerprint density at radius 2 is 2.33 bits per heavy atom. The fourth-order valence-electron chi connectivity index (χ4n) is 0.215. The summed E-state index contributed by atoms with van der Waals surface area (Å²) in [5, 5.41) is 0. The summed E-state index contributed by atoms with van der Waals surface area (Å²) in [6.45, 7) is 0. The van der Waals surface area contributed by atoms with Crippen LogP contribution in [0.2, 0.25) is 0 Å². The second-order valence-corrected chi connectivity index (χ2v) is 0.761. The minimum Gasteiger partial charge on any atom is -0.351 e. The summed E-state index contributed by atoms with van der Waals surface area (Å²) in [6.07, 6.45) is 5.08. The molecule has 1 N–H and O–H groups in total. The van der Waals surface area contributed by atoms with Crippen molar-refractivity contribution in [3.8, 4) is 0 Å². The van der Waals surface area contributed by atoms with Gasteiger partial charge in [0.25, 0.3) is 0 Å². The first-order valence-electron chi connectivity index (χ1n) is 1.43. The molecule has 0 aliphatic heterocycles. The second-order valence-electron chi connectivity index (χ2n) is 0.761. The summed E-state index contributed by atoms with van der Waals surface area (Å²) in [7, 11) is 0. The Morgan fingerprint density at radius 1 is 1.50 bits per heavy atom. The van der Waals surface area contributed by atoms with Gasteiger partial charge >= 0.3 is 0 Å². The quantitative estimate of drug-likeness (QED) is 0.424. The van der Waals surface area contributed by atoms with E-state index in [2.05, 4.69) is 9.97 Å². The Balaban J connectivity index is 0.000000250. The molecule has 1 aromatic heterocycles. The Kier molecular flexibility index (Phi) is 2.83. The van der Waals surface area contributed by atoms with Gasteiger partial charge in [-0.3, -0.25) is 0 Å². The van der Waals surface area contributed by atoms with Gasteiger partial charge in [0.1, 0.15) is 0 Å².